The lowest BCUT2D eigenvalue weighted by atomic mass is 10.1. The minimum atomic E-state index is -3.01. The molecule has 21 heavy (non-hydrogen) atoms. The number of hydrogen-bond donors (Lipinski definition) is 1. The van der Waals surface area contributed by atoms with Crippen molar-refractivity contribution in [1.29, 1.82) is 0 Å². The summed E-state index contributed by atoms with van der Waals surface area (Å²) in [7, 11) is -3.01. The second-order valence-electron chi connectivity index (χ2n) is 5.02. The molecular formula is C15H21N3O2S. The van der Waals surface area contributed by atoms with E-state index in [1.54, 1.807) is 4.68 Å². The molecule has 0 bridgehead atoms. The second kappa shape index (κ2) is 6.87. The monoisotopic (exact) mass is 307 g/mol. The van der Waals surface area contributed by atoms with Gasteiger partial charge in [-0.05, 0) is 6.54 Å². The largest absolute Gasteiger partial charge is 0.313 e. The molecule has 2 aromatic rings. The maximum absolute atomic E-state index is 11.4. The average Bonchev–Trinajstić information content (AvgIpc) is 2.86. The molecule has 114 valence electrons. The number of aryl methyl sites for hydroxylation is 1. The topological polar surface area (TPSA) is 64.0 Å². The molecule has 2 rings (SSSR count). The van der Waals surface area contributed by atoms with Gasteiger partial charge in [0, 0.05) is 23.9 Å². The molecule has 0 unspecified atom stereocenters. The zero-order valence-corrected chi connectivity index (χ0v) is 13.2. The van der Waals surface area contributed by atoms with Crippen molar-refractivity contribution in [3.8, 4) is 11.3 Å². The number of nitrogens with one attached hydrogen (secondary N) is 1. The molecule has 6 heteroatoms. The van der Waals surface area contributed by atoms with E-state index in [9.17, 15) is 8.42 Å². The van der Waals surface area contributed by atoms with Crippen LogP contribution in [0.15, 0.2) is 36.5 Å². The Hall–Kier alpha value is -1.66. The van der Waals surface area contributed by atoms with Gasteiger partial charge in [0.1, 0.15) is 9.84 Å². The van der Waals surface area contributed by atoms with Gasteiger partial charge in [0.2, 0.25) is 0 Å². The molecule has 1 aromatic carbocycles. The lowest BCUT2D eigenvalue weighted by molar-refractivity contribution is 0.587. The molecule has 1 N–H and O–H groups in total. The highest BCUT2D eigenvalue weighted by molar-refractivity contribution is 7.90. The van der Waals surface area contributed by atoms with Crippen LogP contribution in [0.4, 0.5) is 0 Å². The Kier molecular flexibility index (Phi) is 5.14. The van der Waals surface area contributed by atoms with Crippen molar-refractivity contribution in [3.05, 3.63) is 42.1 Å². The van der Waals surface area contributed by atoms with Gasteiger partial charge < -0.3 is 5.32 Å². The number of sulfone groups is 1. The summed E-state index contributed by atoms with van der Waals surface area (Å²) in [6, 6.07) is 9.94. The zero-order valence-electron chi connectivity index (χ0n) is 12.4. The van der Waals surface area contributed by atoms with E-state index in [1.807, 2.05) is 36.5 Å². The lowest BCUT2D eigenvalue weighted by Gasteiger charge is -2.10. The van der Waals surface area contributed by atoms with Crippen LogP contribution in [-0.2, 0) is 22.9 Å². The number of benzene rings is 1. The molecule has 5 nitrogen and oxygen atoms in total. The van der Waals surface area contributed by atoms with Gasteiger partial charge in [0.15, 0.2) is 0 Å². The molecule has 0 atom stereocenters. The van der Waals surface area contributed by atoms with Crippen LogP contribution >= 0.6 is 0 Å². The average molecular weight is 307 g/mol. The Morgan fingerprint density at radius 2 is 1.95 bits per heavy atom. The number of aromatic nitrogens is 2. The van der Waals surface area contributed by atoms with E-state index >= 15 is 0 Å². The van der Waals surface area contributed by atoms with Gasteiger partial charge in [-0.3, -0.25) is 4.68 Å². The normalized spacial score (nSPS) is 11.7. The third kappa shape index (κ3) is 4.41. The smallest absolute Gasteiger partial charge is 0.149 e. The summed E-state index contributed by atoms with van der Waals surface area (Å²) < 4.78 is 24.5. The van der Waals surface area contributed by atoms with E-state index in [0.29, 0.717) is 6.54 Å². The summed E-state index contributed by atoms with van der Waals surface area (Å²) in [6.07, 6.45) is 3.06. The minimum Gasteiger partial charge on any atom is -0.313 e. The van der Waals surface area contributed by atoms with Crippen LogP contribution in [0.1, 0.15) is 12.5 Å². The van der Waals surface area contributed by atoms with Gasteiger partial charge in [-0.15, -0.1) is 0 Å². The number of nitrogens with zero attached hydrogens (tertiary/aromatic N) is 2. The van der Waals surface area contributed by atoms with Crippen LogP contribution in [0.5, 0.6) is 0 Å². The molecular weight excluding hydrogens is 286 g/mol. The Balaban J connectivity index is 2.34. The van der Waals surface area contributed by atoms with Crippen molar-refractivity contribution in [3.63, 3.8) is 0 Å². The summed E-state index contributed by atoms with van der Waals surface area (Å²) in [6.45, 7) is 4.02. The van der Waals surface area contributed by atoms with E-state index in [-0.39, 0.29) is 5.75 Å². The van der Waals surface area contributed by atoms with E-state index < -0.39 is 9.84 Å². The first-order valence-electron chi connectivity index (χ1n) is 7.00. The van der Waals surface area contributed by atoms with Gasteiger partial charge in [0.05, 0.1) is 24.2 Å². The predicted octanol–water partition coefficient (Wildman–Crippen LogP) is 1.70. The zero-order chi connectivity index (χ0) is 15.3. The van der Waals surface area contributed by atoms with E-state index in [4.69, 9.17) is 0 Å². The van der Waals surface area contributed by atoms with Crippen molar-refractivity contribution in [2.75, 3.05) is 18.6 Å². The van der Waals surface area contributed by atoms with E-state index in [0.717, 1.165) is 29.9 Å². The first-order valence-corrected chi connectivity index (χ1v) is 9.06. The Morgan fingerprint density at radius 3 is 2.57 bits per heavy atom. The summed E-state index contributed by atoms with van der Waals surface area (Å²) in [4.78, 5) is 0. The first kappa shape index (κ1) is 15.7. The molecule has 1 aromatic heterocycles. The highest BCUT2D eigenvalue weighted by Crippen LogP contribution is 2.23. The third-order valence-electron chi connectivity index (χ3n) is 3.20. The van der Waals surface area contributed by atoms with Crippen molar-refractivity contribution in [1.82, 2.24) is 15.1 Å². The van der Waals surface area contributed by atoms with Crippen molar-refractivity contribution in [2.45, 2.75) is 20.0 Å². The Morgan fingerprint density at radius 1 is 1.24 bits per heavy atom. The Bertz CT molecular complexity index is 678. The maximum atomic E-state index is 11.4. The third-order valence-corrected chi connectivity index (χ3v) is 4.13. The summed E-state index contributed by atoms with van der Waals surface area (Å²) in [5.74, 6) is 0.0924. The molecule has 0 fully saturated rings. The minimum absolute atomic E-state index is 0.0924. The van der Waals surface area contributed by atoms with Crippen LogP contribution < -0.4 is 5.32 Å². The predicted molar refractivity (Wildman–Crippen MR) is 84.8 cm³/mol. The molecule has 0 aliphatic carbocycles. The van der Waals surface area contributed by atoms with Gasteiger partial charge in [-0.1, -0.05) is 37.3 Å². The molecule has 0 spiro atoms. The fourth-order valence-corrected chi connectivity index (χ4v) is 2.67. The quantitative estimate of drug-likeness (QED) is 0.846. The highest BCUT2D eigenvalue weighted by Gasteiger charge is 2.14. The van der Waals surface area contributed by atoms with Crippen LogP contribution in [0, 0.1) is 0 Å². The Labute approximate surface area is 125 Å². The summed E-state index contributed by atoms with van der Waals surface area (Å²) in [5.41, 5.74) is 3.12. The van der Waals surface area contributed by atoms with Gasteiger partial charge >= 0.3 is 0 Å². The van der Waals surface area contributed by atoms with Gasteiger partial charge in [-0.25, -0.2) is 8.42 Å². The molecule has 0 aliphatic rings. The van der Waals surface area contributed by atoms with E-state index in [2.05, 4.69) is 17.3 Å². The first-order chi connectivity index (χ1) is 10.0. The maximum Gasteiger partial charge on any atom is 0.149 e. The standard InChI is InChI=1S/C15H21N3O2S/c1-3-16-11-14-12-17-18(9-10-21(2,19)20)15(14)13-7-5-4-6-8-13/h4-8,12,16H,3,9-11H2,1-2H3. The molecule has 0 radical (unpaired) electrons. The fraction of sp³-hybridized carbons (Fsp3) is 0.400. The summed E-state index contributed by atoms with van der Waals surface area (Å²) >= 11 is 0. The summed E-state index contributed by atoms with van der Waals surface area (Å²) in [5, 5.41) is 7.65. The number of rotatable bonds is 7. The fourth-order valence-electron chi connectivity index (χ4n) is 2.17. The highest BCUT2D eigenvalue weighted by atomic mass is 32.2. The van der Waals surface area contributed by atoms with Crippen molar-refractivity contribution >= 4 is 9.84 Å². The van der Waals surface area contributed by atoms with Gasteiger partial charge in [-0.2, -0.15) is 5.10 Å². The molecule has 1 heterocycles. The van der Waals surface area contributed by atoms with Crippen LogP contribution in [0.25, 0.3) is 11.3 Å². The van der Waals surface area contributed by atoms with Gasteiger partial charge in [0.25, 0.3) is 0 Å². The van der Waals surface area contributed by atoms with Crippen molar-refractivity contribution < 1.29 is 8.42 Å². The van der Waals surface area contributed by atoms with Crippen LogP contribution in [-0.4, -0.2) is 36.8 Å². The number of hydrogen-bond acceptors (Lipinski definition) is 4. The van der Waals surface area contributed by atoms with Crippen LogP contribution in [0.3, 0.4) is 0 Å². The van der Waals surface area contributed by atoms with Crippen LogP contribution in [0.2, 0.25) is 0 Å². The van der Waals surface area contributed by atoms with Crippen molar-refractivity contribution in [2.24, 2.45) is 0 Å². The lowest BCUT2D eigenvalue weighted by Crippen LogP contribution is -2.15. The molecule has 0 saturated carbocycles. The van der Waals surface area contributed by atoms with E-state index in [1.165, 1.54) is 6.26 Å². The molecule has 0 saturated heterocycles. The molecule has 0 amide bonds. The second-order valence-corrected chi connectivity index (χ2v) is 7.28. The SMILES string of the molecule is CCNCc1cnn(CCS(C)(=O)=O)c1-c1ccccc1. The molecule has 0 aliphatic heterocycles.